The SMILES string of the molecule is CCOc1ccc(N[C@H](C)C(=O)Nc2cc3oc4ccccc4c3cc2OC)cc1. The van der Waals surface area contributed by atoms with Crippen LogP contribution in [0.5, 0.6) is 11.5 Å². The fraction of sp³-hybridized carbons (Fsp3) is 0.208. The third-order valence-electron chi connectivity index (χ3n) is 4.90. The van der Waals surface area contributed by atoms with E-state index in [1.165, 1.54) is 0 Å². The van der Waals surface area contributed by atoms with Crippen molar-refractivity contribution in [2.24, 2.45) is 0 Å². The van der Waals surface area contributed by atoms with E-state index in [4.69, 9.17) is 13.9 Å². The molecule has 4 aromatic rings. The monoisotopic (exact) mass is 404 g/mol. The van der Waals surface area contributed by atoms with Crippen LogP contribution in [0, 0.1) is 0 Å². The van der Waals surface area contributed by atoms with Crippen molar-refractivity contribution in [3.63, 3.8) is 0 Å². The highest BCUT2D eigenvalue weighted by molar-refractivity contribution is 6.08. The maximum Gasteiger partial charge on any atom is 0.246 e. The number of anilines is 2. The summed E-state index contributed by atoms with van der Waals surface area (Å²) in [5.41, 5.74) is 2.89. The fourth-order valence-electron chi connectivity index (χ4n) is 3.39. The Morgan fingerprint density at radius 1 is 1.03 bits per heavy atom. The van der Waals surface area contributed by atoms with Crippen molar-refractivity contribution >= 4 is 39.2 Å². The lowest BCUT2D eigenvalue weighted by Crippen LogP contribution is -2.32. The summed E-state index contributed by atoms with van der Waals surface area (Å²) in [6.45, 7) is 4.36. The first-order valence-corrected chi connectivity index (χ1v) is 9.88. The molecular formula is C24H24N2O4. The van der Waals surface area contributed by atoms with Gasteiger partial charge < -0.3 is 24.5 Å². The molecule has 0 aliphatic carbocycles. The van der Waals surface area contributed by atoms with E-state index >= 15 is 0 Å². The zero-order valence-electron chi connectivity index (χ0n) is 17.2. The molecule has 30 heavy (non-hydrogen) atoms. The van der Waals surface area contributed by atoms with Gasteiger partial charge in [0.15, 0.2) is 0 Å². The predicted molar refractivity (Wildman–Crippen MR) is 120 cm³/mol. The maximum absolute atomic E-state index is 12.8. The number of rotatable bonds is 7. The quantitative estimate of drug-likeness (QED) is 0.430. The number of carbonyl (C=O) groups is 1. The highest BCUT2D eigenvalue weighted by atomic mass is 16.5. The smallest absolute Gasteiger partial charge is 0.246 e. The van der Waals surface area contributed by atoms with Crippen molar-refractivity contribution < 1.29 is 18.7 Å². The lowest BCUT2D eigenvalue weighted by Gasteiger charge is -2.17. The summed E-state index contributed by atoms with van der Waals surface area (Å²) in [6, 6.07) is 18.6. The lowest BCUT2D eigenvalue weighted by atomic mass is 10.1. The zero-order chi connectivity index (χ0) is 21.1. The van der Waals surface area contributed by atoms with Gasteiger partial charge in [0.05, 0.1) is 19.4 Å². The first kappa shape index (κ1) is 19.6. The predicted octanol–water partition coefficient (Wildman–Crippen LogP) is 5.43. The summed E-state index contributed by atoms with van der Waals surface area (Å²) in [4.78, 5) is 12.8. The number of ether oxygens (including phenoxy) is 2. The summed E-state index contributed by atoms with van der Waals surface area (Å²) in [7, 11) is 1.58. The van der Waals surface area contributed by atoms with Crippen LogP contribution in [-0.4, -0.2) is 25.7 Å². The van der Waals surface area contributed by atoms with Crippen LogP contribution in [-0.2, 0) is 4.79 Å². The van der Waals surface area contributed by atoms with Gasteiger partial charge in [-0.05, 0) is 50.2 Å². The molecule has 3 aromatic carbocycles. The van der Waals surface area contributed by atoms with Gasteiger partial charge in [0.1, 0.15) is 28.7 Å². The largest absolute Gasteiger partial charge is 0.495 e. The Kier molecular flexibility index (Phi) is 5.48. The Labute approximate surface area is 174 Å². The lowest BCUT2D eigenvalue weighted by molar-refractivity contribution is -0.116. The van der Waals surface area contributed by atoms with E-state index in [2.05, 4.69) is 10.6 Å². The van der Waals surface area contributed by atoms with Gasteiger partial charge in [-0.15, -0.1) is 0 Å². The van der Waals surface area contributed by atoms with Crippen molar-refractivity contribution in [2.75, 3.05) is 24.4 Å². The standard InChI is InChI=1S/C24H24N2O4/c1-4-29-17-11-9-16(10-12-17)25-15(2)24(27)26-20-14-22-19(13-23(20)28-3)18-7-5-6-8-21(18)30-22/h5-15,25H,4H2,1-3H3,(H,26,27)/t15-/m1/s1. The van der Waals surface area contributed by atoms with Crippen molar-refractivity contribution in [3.8, 4) is 11.5 Å². The van der Waals surface area contributed by atoms with Crippen LogP contribution >= 0.6 is 0 Å². The normalized spacial score (nSPS) is 12.0. The number of methoxy groups -OCH3 is 1. The molecule has 6 nitrogen and oxygen atoms in total. The first-order valence-electron chi connectivity index (χ1n) is 9.88. The molecule has 1 atom stereocenters. The summed E-state index contributed by atoms with van der Waals surface area (Å²) < 4.78 is 16.9. The molecule has 0 unspecified atom stereocenters. The number of furan rings is 1. The molecule has 0 spiro atoms. The van der Waals surface area contributed by atoms with Crippen molar-refractivity contribution in [1.29, 1.82) is 0 Å². The average Bonchev–Trinajstić information content (AvgIpc) is 3.12. The van der Waals surface area contributed by atoms with Gasteiger partial charge in [-0.1, -0.05) is 18.2 Å². The number of amides is 1. The molecule has 1 heterocycles. The number of benzene rings is 3. The van der Waals surface area contributed by atoms with Crippen LogP contribution < -0.4 is 20.1 Å². The zero-order valence-corrected chi connectivity index (χ0v) is 17.2. The van der Waals surface area contributed by atoms with E-state index in [0.29, 0.717) is 23.6 Å². The van der Waals surface area contributed by atoms with Crippen LogP contribution in [0.1, 0.15) is 13.8 Å². The van der Waals surface area contributed by atoms with Crippen molar-refractivity contribution in [2.45, 2.75) is 19.9 Å². The van der Waals surface area contributed by atoms with Crippen molar-refractivity contribution in [3.05, 3.63) is 60.7 Å². The van der Waals surface area contributed by atoms with E-state index in [1.54, 1.807) is 20.1 Å². The molecular weight excluding hydrogens is 380 g/mol. The molecule has 0 radical (unpaired) electrons. The van der Waals surface area contributed by atoms with Gasteiger partial charge in [0.2, 0.25) is 5.91 Å². The molecule has 0 saturated carbocycles. The first-order chi connectivity index (χ1) is 14.6. The average molecular weight is 404 g/mol. The van der Waals surface area contributed by atoms with E-state index < -0.39 is 6.04 Å². The molecule has 6 heteroatoms. The Morgan fingerprint density at radius 3 is 2.53 bits per heavy atom. The second kappa shape index (κ2) is 8.37. The highest BCUT2D eigenvalue weighted by Gasteiger charge is 2.17. The number of para-hydroxylation sites is 1. The van der Waals surface area contributed by atoms with Gasteiger partial charge in [-0.2, -0.15) is 0 Å². The summed E-state index contributed by atoms with van der Waals surface area (Å²) in [6.07, 6.45) is 0. The second-order valence-electron chi connectivity index (χ2n) is 6.96. The Hall–Kier alpha value is -3.67. The number of fused-ring (bicyclic) bond motifs is 3. The van der Waals surface area contributed by atoms with Gasteiger partial charge in [0.25, 0.3) is 0 Å². The minimum atomic E-state index is -0.459. The Morgan fingerprint density at radius 2 is 1.80 bits per heavy atom. The molecule has 0 aliphatic heterocycles. The summed E-state index contributed by atoms with van der Waals surface area (Å²) in [5.74, 6) is 1.19. The van der Waals surface area contributed by atoms with Crippen LogP contribution in [0.2, 0.25) is 0 Å². The van der Waals surface area contributed by atoms with Gasteiger partial charge in [-0.3, -0.25) is 4.79 Å². The van der Waals surface area contributed by atoms with Gasteiger partial charge in [-0.25, -0.2) is 0 Å². The highest BCUT2D eigenvalue weighted by Crippen LogP contribution is 2.36. The molecule has 0 fully saturated rings. The van der Waals surface area contributed by atoms with Gasteiger partial charge in [0, 0.05) is 22.5 Å². The van der Waals surface area contributed by atoms with Crippen LogP contribution in [0.25, 0.3) is 21.9 Å². The molecule has 0 saturated heterocycles. The molecule has 4 rings (SSSR count). The Bertz CT molecular complexity index is 1180. The molecule has 1 aromatic heterocycles. The number of hydrogen-bond acceptors (Lipinski definition) is 5. The molecule has 0 bridgehead atoms. The van der Waals surface area contributed by atoms with Crippen LogP contribution in [0.15, 0.2) is 65.1 Å². The van der Waals surface area contributed by atoms with E-state index in [-0.39, 0.29) is 5.91 Å². The number of nitrogens with one attached hydrogen (secondary N) is 2. The minimum absolute atomic E-state index is 0.183. The third kappa shape index (κ3) is 3.89. The maximum atomic E-state index is 12.8. The number of hydrogen-bond donors (Lipinski definition) is 2. The minimum Gasteiger partial charge on any atom is -0.495 e. The fourth-order valence-corrected chi connectivity index (χ4v) is 3.39. The van der Waals surface area contributed by atoms with E-state index in [1.807, 2.05) is 61.5 Å². The van der Waals surface area contributed by atoms with Gasteiger partial charge >= 0.3 is 0 Å². The number of carbonyl (C=O) groups excluding carboxylic acids is 1. The third-order valence-corrected chi connectivity index (χ3v) is 4.90. The Balaban J connectivity index is 1.53. The van der Waals surface area contributed by atoms with Crippen LogP contribution in [0.3, 0.4) is 0 Å². The molecule has 154 valence electrons. The molecule has 0 aliphatic rings. The summed E-state index contributed by atoms with van der Waals surface area (Å²) in [5, 5.41) is 8.09. The molecule has 1 amide bonds. The summed E-state index contributed by atoms with van der Waals surface area (Å²) >= 11 is 0. The topological polar surface area (TPSA) is 72.7 Å². The molecule has 2 N–H and O–H groups in total. The second-order valence-corrected chi connectivity index (χ2v) is 6.96. The van der Waals surface area contributed by atoms with E-state index in [9.17, 15) is 4.79 Å². The van der Waals surface area contributed by atoms with E-state index in [0.717, 1.165) is 27.8 Å². The van der Waals surface area contributed by atoms with Crippen molar-refractivity contribution in [1.82, 2.24) is 0 Å². The van der Waals surface area contributed by atoms with Crippen LogP contribution in [0.4, 0.5) is 11.4 Å².